The summed E-state index contributed by atoms with van der Waals surface area (Å²) in [6.45, 7) is 0.825. The van der Waals surface area contributed by atoms with E-state index in [1.165, 1.54) is 13.0 Å². The summed E-state index contributed by atoms with van der Waals surface area (Å²) < 4.78 is 17.8. The van der Waals surface area contributed by atoms with E-state index in [0.29, 0.717) is 11.4 Å². The highest BCUT2D eigenvalue weighted by molar-refractivity contribution is 5.98. The molecule has 2 amide bonds. The summed E-state index contributed by atoms with van der Waals surface area (Å²) in [5.41, 5.74) is 6.37. The maximum Gasteiger partial charge on any atom is 0.340 e. The van der Waals surface area contributed by atoms with Gasteiger partial charge in [0, 0.05) is 24.0 Å². The molecule has 4 N–H and O–H groups in total. The third-order valence-corrected chi connectivity index (χ3v) is 3.03. The van der Waals surface area contributed by atoms with Crippen molar-refractivity contribution in [1.82, 2.24) is 0 Å². The van der Waals surface area contributed by atoms with Gasteiger partial charge in [-0.15, -0.1) is 0 Å². The number of anilines is 3. The van der Waals surface area contributed by atoms with E-state index in [0.717, 1.165) is 12.1 Å². The topological polar surface area (TPSA) is 111 Å². The van der Waals surface area contributed by atoms with Crippen LogP contribution >= 0.6 is 0 Å². The molecule has 0 bridgehead atoms. The molecule has 130 valence electrons. The molecule has 0 atom stereocenters. The summed E-state index contributed by atoms with van der Waals surface area (Å²) in [5, 5.41) is 5.11. The number of carbonyl (C=O) groups is 3. The summed E-state index contributed by atoms with van der Waals surface area (Å²) >= 11 is 0. The number of halogens is 1. The van der Waals surface area contributed by atoms with Crippen molar-refractivity contribution in [3.8, 4) is 0 Å². The Balaban J connectivity index is 1.92. The molecule has 0 radical (unpaired) electrons. The number of amides is 2. The molecule has 0 aliphatic heterocycles. The van der Waals surface area contributed by atoms with Crippen LogP contribution in [0.3, 0.4) is 0 Å². The molecule has 0 spiro atoms. The van der Waals surface area contributed by atoms with Crippen LogP contribution in [-0.2, 0) is 14.3 Å². The van der Waals surface area contributed by atoms with E-state index in [4.69, 9.17) is 10.5 Å². The normalized spacial score (nSPS) is 10.0. The molecular weight excluding hydrogens is 329 g/mol. The van der Waals surface area contributed by atoms with Crippen LogP contribution in [0, 0.1) is 5.82 Å². The largest absolute Gasteiger partial charge is 0.452 e. The molecule has 0 heterocycles. The molecule has 8 heteroatoms. The van der Waals surface area contributed by atoms with Gasteiger partial charge in [-0.3, -0.25) is 9.59 Å². The number of hydrogen-bond donors (Lipinski definition) is 3. The third-order valence-electron chi connectivity index (χ3n) is 3.03. The Morgan fingerprint density at radius 3 is 2.40 bits per heavy atom. The molecular formula is C17H16FN3O4. The van der Waals surface area contributed by atoms with Crippen LogP contribution in [0.1, 0.15) is 17.3 Å². The van der Waals surface area contributed by atoms with Crippen molar-refractivity contribution >= 4 is 34.8 Å². The van der Waals surface area contributed by atoms with Crippen LogP contribution in [0.15, 0.2) is 42.5 Å². The Labute approximate surface area is 143 Å². The average Bonchev–Trinajstić information content (AvgIpc) is 2.52. The van der Waals surface area contributed by atoms with Gasteiger partial charge in [0.05, 0.1) is 5.56 Å². The van der Waals surface area contributed by atoms with Crippen LogP contribution in [0.25, 0.3) is 0 Å². The van der Waals surface area contributed by atoms with Gasteiger partial charge in [0.25, 0.3) is 5.91 Å². The SMILES string of the molecule is CC(=O)Nc1cccc(NC(=O)COC(=O)c2ccc(F)cc2N)c1. The zero-order valence-electron chi connectivity index (χ0n) is 13.3. The smallest absolute Gasteiger partial charge is 0.340 e. The van der Waals surface area contributed by atoms with Crippen LogP contribution in [-0.4, -0.2) is 24.4 Å². The number of hydrogen-bond acceptors (Lipinski definition) is 5. The Bertz CT molecular complexity index is 823. The number of rotatable bonds is 5. The average molecular weight is 345 g/mol. The predicted molar refractivity (Wildman–Crippen MR) is 90.5 cm³/mol. The molecule has 0 saturated heterocycles. The van der Waals surface area contributed by atoms with Crippen molar-refractivity contribution in [3.63, 3.8) is 0 Å². The zero-order chi connectivity index (χ0) is 18.4. The van der Waals surface area contributed by atoms with E-state index in [-0.39, 0.29) is 17.2 Å². The zero-order valence-corrected chi connectivity index (χ0v) is 13.3. The van der Waals surface area contributed by atoms with Gasteiger partial charge in [0.15, 0.2) is 6.61 Å². The van der Waals surface area contributed by atoms with Gasteiger partial charge >= 0.3 is 5.97 Å². The molecule has 0 aliphatic rings. The highest BCUT2D eigenvalue weighted by Crippen LogP contribution is 2.16. The molecule has 2 aromatic carbocycles. The highest BCUT2D eigenvalue weighted by atomic mass is 19.1. The Morgan fingerprint density at radius 1 is 1.08 bits per heavy atom. The van der Waals surface area contributed by atoms with E-state index in [2.05, 4.69) is 10.6 Å². The van der Waals surface area contributed by atoms with Gasteiger partial charge in [-0.1, -0.05) is 6.07 Å². The van der Waals surface area contributed by atoms with Crippen LogP contribution < -0.4 is 16.4 Å². The summed E-state index contributed by atoms with van der Waals surface area (Å²) in [7, 11) is 0. The molecule has 0 saturated carbocycles. The number of esters is 1. The third kappa shape index (κ3) is 5.31. The Kier molecular flexibility index (Phi) is 5.67. The van der Waals surface area contributed by atoms with Gasteiger partial charge in [0.1, 0.15) is 5.82 Å². The summed E-state index contributed by atoms with van der Waals surface area (Å²) in [4.78, 5) is 34.7. The van der Waals surface area contributed by atoms with Crippen molar-refractivity contribution in [2.24, 2.45) is 0 Å². The summed E-state index contributed by atoms with van der Waals surface area (Å²) in [6.07, 6.45) is 0. The van der Waals surface area contributed by atoms with E-state index in [9.17, 15) is 18.8 Å². The van der Waals surface area contributed by atoms with Crippen molar-refractivity contribution in [2.45, 2.75) is 6.92 Å². The minimum absolute atomic E-state index is 0.0261. The van der Waals surface area contributed by atoms with E-state index >= 15 is 0 Å². The second-order valence-corrected chi connectivity index (χ2v) is 5.12. The van der Waals surface area contributed by atoms with Crippen molar-refractivity contribution < 1.29 is 23.5 Å². The van der Waals surface area contributed by atoms with Gasteiger partial charge in [-0.05, 0) is 36.4 Å². The maximum atomic E-state index is 13.0. The van der Waals surface area contributed by atoms with E-state index in [1.54, 1.807) is 24.3 Å². The van der Waals surface area contributed by atoms with Crippen LogP contribution in [0.2, 0.25) is 0 Å². The van der Waals surface area contributed by atoms with E-state index in [1.807, 2.05) is 0 Å². The lowest BCUT2D eigenvalue weighted by Gasteiger charge is -2.09. The lowest BCUT2D eigenvalue weighted by Crippen LogP contribution is -2.21. The first-order valence-corrected chi connectivity index (χ1v) is 7.25. The number of benzene rings is 2. The van der Waals surface area contributed by atoms with Crippen LogP contribution in [0.5, 0.6) is 0 Å². The molecule has 0 aromatic heterocycles. The fourth-order valence-electron chi connectivity index (χ4n) is 2.00. The molecule has 0 aliphatic carbocycles. The monoisotopic (exact) mass is 345 g/mol. The molecule has 25 heavy (non-hydrogen) atoms. The molecule has 7 nitrogen and oxygen atoms in total. The number of carbonyl (C=O) groups excluding carboxylic acids is 3. The van der Waals surface area contributed by atoms with Crippen molar-refractivity contribution in [1.29, 1.82) is 0 Å². The molecule has 2 rings (SSSR count). The van der Waals surface area contributed by atoms with Crippen LogP contribution in [0.4, 0.5) is 21.5 Å². The minimum atomic E-state index is -0.834. The van der Waals surface area contributed by atoms with Crippen molar-refractivity contribution in [3.05, 3.63) is 53.8 Å². The van der Waals surface area contributed by atoms with Gasteiger partial charge in [0.2, 0.25) is 5.91 Å². The molecule has 2 aromatic rings. The first kappa shape index (κ1) is 17.9. The van der Waals surface area contributed by atoms with Gasteiger partial charge in [-0.2, -0.15) is 0 Å². The predicted octanol–water partition coefficient (Wildman–Crippen LogP) is 2.16. The number of nitrogen functional groups attached to an aromatic ring is 1. The minimum Gasteiger partial charge on any atom is -0.452 e. The standard InChI is InChI=1S/C17H16FN3O4/c1-10(22)20-12-3-2-4-13(8-12)21-16(23)9-25-17(24)14-6-5-11(18)7-15(14)19/h2-8H,9,19H2,1H3,(H,20,22)(H,21,23). The lowest BCUT2D eigenvalue weighted by atomic mass is 10.2. The first-order chi connectivity index (χ1) is 11.8. The Hall–Kier alpha value is -3.42. The molecule has 0 unspecified atom stereocenters. The van der Waals surface area contributed by atoms with Crippen molar-refractivity contribution in [2.75, 3.05) is 23.0 Å². The quantitative estimate of drug-likeness (QED) is 0.568. The molecule has 0 fully saturated rings. The summed E-state index contributed by atoms with van der Waals surface area (Å²) in [6, 6.07) is 9.72. The van der Waals surface area contributed by atoms with Gasteiger partial charge < -0.3 is 21.1 Å². The first-order valence-electron chi connectivity index (χ1n) is 7.25. The maximum absolute atomic E-state index is 13.0. The van der Waals surface area contributed by atoms with E-state index < -0.39 is 24.3 Å². The van der Waals surface area contributed by atoms with Gasteiger partial charge in [-0.25, -0.2) is 9.18 Å². The fraction of sp³-hybridized carbons (Fsp3) is 0.118. The number of nitrogens with two attached hydrogens (primary N) is 1. The lowest BCUT2D eigenvalue weighted by molar-refractivity contribution is -0.119. The second kappa shape index (κ2) is 7.91. The summed E-state index contributed by atoms with van der Waals surface area (Å²) in [5.74, 6) is -2.23. The number of ether oxygens (including phenoxy) is 1. The number of nitrogens with one attached hydrogen (secondary N) is 2. The second-order valence-electron chi connectivity index (χ2n) is 5.12. The highest BCUT2D eigenvalue weighted by Gasteiger charge is 2.14. The Morgan fingerprint density at radius 2 is 1.76 bits per heavy atom. The fourth-order valence-corrected chi connectivity index (χ4v) is 2.00.